The summed E-state index contributed by atoms with van der Waals surface area (Å²) in [4.78, 5) is 26.0. The fourth-order valence-electron chi connectivity index (χ4n) is 4.63. The average Bonchev–Trinajstić information content (AvgIpc) is 3.06. The van der Waals surface area contributed by atoms with Crippen molar-refractivity contribution in [1.82, 2.24) is 10.2 Å². The lowest BCUT2D eigenvalue weighted by molar-refractivity contribution is -0.137. The van der Waals surface area contributed by atoms with E-state index in [0.29, 0.717) is 6.54 Å². The number of aliphatic carboxylic acids is 1. The highest BCUT2D eigenvalue weighted by molar-refractivity contribution is 5.79. The topological polar surface area (TPSA) is 78.9 Å². The largest absolute Gasteiger partial charge is 0.481 e. The summed E-state index contributed by atoms with van der Waals surface area (Å²) < 4.78 is 5.58. The molecule has 1 aliphatic heterocycles. The predicted octanol–water partition coefficient (Wildman–Crippen LogP) is 3.85. The minimum absolute atomic E-state index is 0.0110. The van der Waals surface area contributed by atoms with Crippen molar-refractivity contribution < 1.29 is 19.4 Å². The number of carbonyl (C=O) groups is 2. The van der Waals surface area contributed by atoms with Crippen molar-refractivity contribution in [1.29, 1.82) is 0 Å². The molecule has 1 atom stereocenters. The Morgan fingerprint density at radius 3 is 2.20 bits per heavy atom. The highest BCUT2D eigenvalue weighted by Gasteiger charge is 2.29. The lowest BCUT2D eigenvalue weighted by Crippen LogP contribution is -2.46. The molecule has 1 fully saturated rings. The first kappa shape index (κ1) is 20.4. The molecule has 2 aromatic rings. The summed E-state index contributed by atoms with van der Waals surface area (Å²) in [6.45, 7) is 2.66. The molecule has 30 heavy (non-hydrogen) atoms. The molecule has 0 aromatic heterocycles. The number of carboxylic acid groups (broad SMARTS) is 1. The number of alkyl carbamates (subject to hydrolysis) is 1. The van der Waals surface area contributed by atoms with Gasteiger partial charge in [-0.25, -0.2) is 4.79 Å². The van der Waals surface area contributed by atoms with Gasteiger partial charge in [-0.15, -0.1) is 0 Å². The van der Waals surface area contributed by atoms with Crippen LogP contribution >= 0.6 is 0 Å². The normalized spacial score (nSPS) is 17.1. The second-order valence-electron chi connectivity index (χ2n) is 8.13. The first-order valence-corrected chi connectivity index (χ1v) is 10.7. The number of piperidine rings is 1. The van der Waals surface area contributed by atoms with Crippen molar-refractivity contribution >= 4 is 12.1 Å². The van der Waals surface area contributed by atoms with Crippen LogP contribution in [0.15, 0.2) is 48.5 Å². The second kappa shape index (κ2) is 9.30. The SMILES string of the molecule is O=C(O)C[C@@H](CN1CCCCC1)NC(=O)OCC1c2ccccc2-c2ccccc21. The average molecular weight is 408 g/mol. The van der Waals surface area contributed by atoms with Gasteiger partial charge in [0, 0.05) is 12.5 Å². The Labute approximate surface area is 176 Å². The van der Waals surface area contributed by atoms with Crippen molar-refractivity contribution in [3.8, 4) is 11.1 Å². The first-order valence-electron chi connectivity index (χ1n) is 10.7. The maximum absolute atomic E-state index is 12.5. The van der Waals surface area contributed by atoms with Crippen LogP contribution < -0.4 is 5.32 Å². The number of benzene rings is 2. The summed E-state index contributed by atoms with van der Waals surface area (Å²) >= 11 is 0. The van der Waals surface area contributed by atoms with Gasteiger partial charge in [0.1, 0.15) is 6.61 Å². The van der Waals surface area contributed by atoms with Gasteiger partial charge in [-0.1, -0.05) is 55.0 Å². The van der Waals surface area contributed by atoms with E-state index >= 15 is 0 Å². The van der Waals surface area contributed by atoms with Crippen LogP contribution in [0.5, 0.6) is 0 Å². The molecule has 2 aliphatic rings. The van der Waals surface area contributed by atoms with Gasteiger partial charge < -0.3 is 20.1 Å². The van der Waals surface area contributed by atoms with Gasteiger partial charge in [-0.05, 0) is 48.2 Å². The van der Waals surface area contributed by atoms with E-state index in [1.807, 2.05) is 24.3 Å². The minimum Gasteiger partial charge on any atom is -0.481 e. The number of rotatable bonds is 7. The second-order valence-corrected chi connectivity index (χ2v) is 8.13. The third-order valence-electron chi connectivity index (χ3n) is 6.01. The molecule has 2 aromatic carbocycles. The number of nitrogens with one attached hydrogen (secondary N) is 1. The van der Waals surface area contributed by atoms with Crippen molar-refractivity contribution in [2.75, 3.05) is 26.2 Å². The van der Waals surface area contributed by atoms with E-state index in [-0.39, 0.29) is 18.9 Å². The number of ether oxygens (including phenoxy) is 1. The van der Waals surface area contributed by atoms with E-state index in [9.17, 15) is 14.7 Å². The smallest absolute Gasteiger partial charge is 0.407 e. The molecule has 0 saturated carbocycles. The number of likely N-dealkylation sites (tertiary alicyclic amines) is 1. The fourth-order valence-corrected chi connectivity index (χ4v) is 4.63. The van der Waals surface area contributed by atoms with Crippen LogP contribution in [0.4, 0.5) is 4.79 Å². The monoisotopic (exact) mass is 408 g/mol. The summed E-state index contributed by atoms with van der Waals surface area (Å²) in [6.07, 6.45) is 2.77. The molecule has 1 heterocycles. The Hall–Kier alpha value is -2.86. The van der Waals surface area contributed by atoms with Crippen molar-refractivity contribution in [2.45, 2.75) is 37.6 Å². The number of fused-ring (bicyclic) bond motifs is 3. The van der Waals surface area contributed by atoms with Crippen molar-refractivity contribution in [3.63, 3.8) is 0 Å². The fraction of sp³-hybridized carbons (Fsp3) is 0.417. The number of amides is 1. The Kier molecular flexibility index (Phi) is 6.33. The molecule has 158 valence electrons. The van der Waals surface area contributed by atoms with Gasteiger partial charge in [0.2, 0.25) is 0 Å². The molecule has 1 saturated heterocycles. The highest BCUT2D eigenvalue weighted by atomic mass is 16.5. The molecule has 6 nitrogen and oxygen atoms in total. The van der Waals surface area contributed by atoms with Gasteiger partial charge >= 0.3 is 12.1 Å². The summed E-state index contributed by atoms with van der Waals surface area (Å²) in [6, 6.07) is 15.9. The van der Waals surface area contributed by atoms with Crippen LogP contribution in [0.2, 0.25) is 0 Å². The zero-order valence-electron chi connectivity index (χ0n) is 17.0. The standard InChI is InChI=1S/C24H28N2O4/c27-23(28)14-17(15-26-12-6-1-7-13-26)25-24(29)30-16-22-20-10-4-2-8-18(20)19-9-3-5-11-21(19)22/h2-5,8-11,17,22H,1,6-7,12-16H2,(H,25,29)(H,27,28)/t17-/m0/s1. The van der Waals surface area contributed by atoms with Crippen LogP contribution in [-0.2, 0) is 9.53 Å². The van der Waals surface area contributed by atoms with Gasteiger partial charge in [0.15, 0.2) is 0 Å². The maximum Gasteiger partial charge on any atom is 0.407 e. The summed E-state index contributed by atoms with van der Waals surface area (Å²) in [5.74, 6) is -0.931. The van der Waals surface area contributed by atoms with Crippen LogP contribution in [-0.4, -0.2) is 54.4 Å². The zero-order chi connectivity index (χ0) is 20.9. The quantitative estimate of drug-likeness (QED) is 0.727. The molecule has 6 heteroatoms. The molecular weight excluding hydrogens is 380 g/mol. The summed E-state index contributed by atoms with van der Waals surface area (Å²) in [5, 5.41) is 12.0. The van der Waals surface area contributed by atoms with E-state index in [1.165, 1.54) is 17.5 Å². The van der Waals surface area contributed by atoms with E-state index < -0.39 is 18.1 Å². The van der Waals surface area contributed by atoms with Crippen LogP contribution in [0, 0.1) is 0 Å². The number of hydrogen-bond donors (Lipinski definition) is 2. The maximum atomic E-state index is 12.5. The molecule has 0 radical (unpaired) electrons. The molecule has 1 amide bonds. The van der Waals surface area contributed by atoms with Crippen LogP contribution in [0.3, 0.4) is 0 Å². The minimum atomic E-state index is -0.920. The Balaban J connectivity index is 1.39. The van der Waals surface area contributed by atoms with Gasteiger partial charge in [-0.3, -0.25) is 4.79 Å². The number of nitrogens with zero attached hydrogens (tertiary/aromatic N) is 1. The Bertz CT molecular complexity index is 862. The van der Waals surface area contributed by atoms with Crippen molar-refractivity contribution in [3.05, 3.63) is 59.7 Å². The lowest BCUT2D eigenvalue weighted by Gasteiger charge is -2.30. The molecule has 0 bridgehead atoms. The summed E-state index contributed by atoms with van der Waals surface area (Å²) in [5.41, 5.74) is 4.66. The predicted molar refractivity (Wildman–Crippen MR) is 115 cm³/mol. The van der Waals surface area contributed by atoms with E-state index in [2.05, 4.69) is 34.5 Å². The van der Waals surface area contributed by atoms with Gasteiger partial charge in [0.25, 0.3) is 0 Å². The Morgan fingerprint density at radius 1 is 1.00 bits per heavy atom. The number of carboxylic acids is 1. The van der Waals surface area contributed by atoms with E-state index in [0.717, 1.165) is 37.1 Å². The number of carbonyl (C=O) groups excluding carboxylic acids is 1. The third kappa shape index (κ3) is 4.65. The lowest BCUT2D eigenvalue weighted by atomic mass is 9.98. The third-order valence-corrected chi connectivity index (χ3v) is 6.01. The van der Waals surface area contributed by atoms with Crippen molar-refractivity contribution in [2.24, 2.45) is 0 Å². The molecule has 0 spiro atoms. The van der Waals surface area contributed by atoms with E-state index in [4.69, 9.17) is 4.74 Å². The zero-order valence-corrected chi connectivity index (χ0v) is 17.0. The van der Waals surface area contributed by atoms with E-state index in [1.54, 1.807) is 0 Å². The molecule has 2 N–H and O–H groups in total. The summed E-state index contributed by atoms with van der Waals surface area (Å²) in [7, 11) is 0. The highest BCUT2D eigenvalue weighted by Crippen LogP contribution is 2.44. The van der Waals surface area contributed by atoms with Gasteiger partial charge in [0.05, 0.1) is 12.5 Å². The molecular formula is C24H28N2O4. The molecule has 1 aliphatic carbocycles. The first-order chi connectivity index (χ1) is 14.6. The molecule has 4 rings (SSSR count). The molecule has 0 unspecified atom stereocenters. The Morgan fingerprint density at radius 2 is 1.60 bits per heavy atom. The van der Waals surface area contributed by atoms with Crippen LogP contribution in [0.1, 0.15) is 42.7 Å². The van der Waals surface area contributed by atoms with Gasteiger partial charge in [-0.2, -0.15) is 0 Å². The number of hydrogen-bond acceptors (Lipinski definition) is 4. The van der Waals surface area contributed by atoms with Crippen LogP contribution in [0.25, 0.3) is 11.1 Å².